The number of aromatic nitrogens is 4. The molecule has 2 heterocycles. The van der Waals surface area contributed by atoms with E-state index in [2.05, 4.69) is 19.8 Å². The fourth-order valence-electron chi connectivity index (χ4n) is 3.52. The molecule has 2 N–H and O–H groups in total. The van der Waals surface area contributed by atoms with E-state index < -0.39 is 18.0 Å². The molecule has 0 fully saturated rings. The lowest BCUT2D eigenvalue weighted by Gasteiger charge is -2.13. The van der Waals surface area contributed by atoms with Gasteiger partial charge in [0.05, 0.1) is 23.3 Å². The van der Waals surface area contributed by atoms with Crippen LogP contribution in [-0.4, -0.2) is 32.4 Å². The number of primary amides is 1. The maximum Gasteiger partial charge on any atom is 0.435 e. The minimum atomic E-state index is -4.64. The van der Waals surface area contributed by atoms with E-state index in [4.69, 9.17) is 5.73 Å². The molecule has 7 nitrogen and oxygen atoms in total. The van der Waals surface area contributed by atoms with E-state index in [9.17, 15) is 18.0 Å². The minimum Gasteiger partial charge on any atom is -0.450 e. The van der Waals surface area contributed by atoms with E-state index in [0.29, 0.717) is 35.4 Å². The molecule has 0 saturated carbocycles. The lowest BCUT2D eigenvalue weighted by atomic mass is 10.1. The van der Waals surface area contributed by atoms with Crippen LogP contribution in [-0.2, 0) is 17.5 Å². The van der Waals surface area contributed by atoms with Gasteiger partial charge in [0.1, 0.15) is 5.69 Å². The van der Waals surface area contributed by atoms with Crippen molar-refractivity contribution in [3.05, 3.63) is 41.3 Å². The molecule has 2 aromatic heterocycles. The first-order valence-electron chi connectivity index (χ1n) is 9.99. The van der Waals surface area contributed by atoms with Crippen LogP contribution >= 0.6 is 0 Å². The highest BCUT2D eigenvalue weighted by Gasteiger charge is 2.38. The van der Waals surface area contributed by atoms with Gasteiger partial charge in [-0.3, -0.25) is 4.68 Å². The molecule has 0 unspecified atom stereocenters. The average Bonchev–Trinajstić information content (AvgIpc) is 2.98. The number of aryl methyl sites for hydroxylation is 2. The number of benzene rings is 1. The number of unbranched alkanes of at least 4 members (excludes halogenated alkanes) is 3. The normalized spacial score (nSPS) is 11.8. The van der Waals surface area contributed by atoms with Crippen LogP contribution in [0.2, 0.25) is 0 Å². The zero-order chi connectivity index (χ0) is 22.6. The molecule has 10 heteroatoms. The van der Waals surface area contributed by atoms with Gasteiger partial charge in [0.15, 0.2) is 5.69 Å². The van der Waals surface area contributed by atoms with E-state index in [1.165, 1.54) is 6.07 Å². The molecule has 166 valence electrons. The van der Waals surface area contributed by atoms with E-state index in [0.717, 1.165) is 19.3 Å². The number of fused-ring (bicyclic) bond motifs is 1. The number of carbonyl (C=O) groups is 1. The summed E-state index contributed by atoms with van der Waals surface area (Å²) in [6.45, 7) is 4.26. The standard InChI is InChI=1S/C21H24F3N5O2/c1-13-17(14(2)29(28-13)11-7-3-4-8-12-31-20(25)30)18-19(21(22,23)24)27-16-10-6-5-9-15(16)26-18/h5-6,9-10H,3-4,7-8,11-12H2,1-2H3,(H2,25,30). The van der Waals surface area contributed by atoms with Crippen LogP contribution in [0.5, 0.6) is 0 Å². The minimum absolute atomic E-state index is 0.196. The van der Waals surface area contributed by atoms with Crippen molar-refractivity contribution in [3.63, 3.8) is 0 Å². The van der Waals surface area contributed by atoms with Gasteiger partial charge in [-0.25, -0.2) is 14.8 Å². The molecule has 3 aromatic rings. The summed E-state index contributed by atoms with van der Waals surface area (Å²) in [6.07, 6.45) is -2.24. The zero-order valence-corrected chi connectivity index (χ0v) is 17.4. The third-order valence-electron chi connectivity index (χ3n) is 4.97. The van der Waals surface area contributed by atoms with Crippen molar-refractivity contribution < 1.29 is 22.7 Å². The van der Waals surface area contributed by atoms with Crippen LogP contribution in [0.4, 0.5) is 18.0 Å². The van der Waals surface area contributed by atoms with Crippen LogP contribution in [0.15, 0.2) is 24.3 Å². The first-order chi connectivity index (χ1) is 14.7. The van der Waals surface area contributed by atoms with Gasteiger partial charge < -0.3 is 10.5 Å². The SMILES string of the molecule is Cc1nn(CCCCCCOC(N)=O)c(C)c1-c1nc2ccccc2nc1C(F)(F)F. The Labute approximate surface area is 177 Å². The highest BCUT2D eigenvalue weighted by Crippen LogP contribution is 2.38. The van der Waals surface area contributed by atoms with Crippen molar-refractivity contribution in [1.82, 2.24) is 19.7 Å². The molecular formula is C21H24F3N5O2. The van der Waals surface area contributed by atoms with Crippen molar-refractivity contribution in [2.24, 2.45) is 5.73 Å². The molecule has 1 amide bonds. The largest absolute Gasteiger partial charge is 0.450 e. The topological polar surface area (TPSA) is 95.9 Å². The van der Waals surface area contributed by atoms with Crippen molar-refractivity contribution in [3.8, 4) is 11.3 Å². The van der Waals surface area contributed by atoms with Gasteiger partial charge in [0.25, 0.3) is 0 Å². The molecule has 31 heavy (non-hydrogen) atoms. The lowest BCUT2D eigenvalue weighted by Crippen LogP contribution is -2.13. The van der Waals surface area contributed by atoms with Gasteiger partial charge in [-0.15, -0.1) is 0 Å². The number of carbonyl (C=O) groups excluding carboxylic acids is 1. The molecule has 0 atom stereocenters. The van der Waals surface area contributed by atoms with Crippen molar-refractivity contribution in [1.29, 1.82) is 0 Å². The van der Waals surface area contributed by atoms with Gasteiger partial charge in [0.2, 0.25) is 0 Å². The van der Waals surface area contributed by atoms with E-state index in [1.807, 2.05) is 0 Å². The Bertz CT molecular complexity index is 1080. The fourth-order valence-corrected chi connectivity index (χ4v) is 3.52. The number of halogens is 3. The van der Waals surface area contributed by atoms with Crippen LogP contribution in [0, 0.1) is 13.8 Å². The zero-order valence-electron chi connectivity index (χ0n) is 17.4. The monoisotopic (exact) mass is 435 g/mol. The van der Waals surface area contributed by atoms with E-state index in [1.54, 1.807) is 36.7 Å². The second kappa shape index (κ2) is 9.32. The molecule has 0 bridgehead atoms. The van der Waals surface area contributed by atoms with Crippen LogP contribution < -0.4 is 5.73 Å². The summed E-state index contributed by atoms with van der Waals surface area (Å²) in [5.74, 6) is 0. The van der Waals surface area contributed by atoms with Gasteiger partial charge in [0, 0.05) is 17.8 Å². The lowest BCUT2D eigenvalue weighted by molar-refractivity contribution is -0.140. The number of hydrogen-bond acceptors (Lipinski definition) is 5. The summed E-state index contributed by atoms with van der Waals surface area (Å²) in [7, 11) is 0. The maximum atomic E-state index is 13.8. The number of para-hydroxylation sites is 2. The first kappa shape index (κ1) is 22.5. The van der Waals surface area contributed by atoms with Gasteiger partial charge in [-0.1, -0.05) is 18.6 Å². The van der Waals surface area contributed by atoms with Gasteiger partial charge in [-0.2, -0.15) is 18.3 Å². The summed E-state index contributed by atoms with van der Waals surface area (Å²) >= 11 is 0. The molecule has 0 aliphatic heterocycles. The predicted octanol–water partition coefficient (Wildman–Crippen LogP) is 4.78. The first-order valence-corrected chi connectivity index (χ1v) is 9.99. The Morgan fingerprint density at radius 3 is 2.35 bits per heavy atom. The molecule has 1 aromatic carbocycles. The third-order valence-corrected chi connectivity index (χ3v) is 4.97. The van der Waals surface area contributed by atoms with Crippen LogP contribution in [0.1, 0.15) is 42.8 Å². The van der Waals surface area contributed by atoms with Crippen molar-refractivity contribution in [2.45, 2.75) is 52.3 Å². The fraction of sp³-hybridized carbons (Fsp3) is 0.429. The second-order valence-corrected chi connectivity index (χ2v) is 7.26. The van der Waals surface area contributed by atoms with Crippen molar-refractivity contribution >= 4 is 17.1 Å². The Morgan fingerprint density at radius 1 is 1.06 bits per heavy atom. The second-order valence-electron chi connectivity index (χ2n) is 7.26. The number of ether oxygens (including phenoxy) is 1. The van der Waals surface area contributed by atoms with Crippen molar-refractivity contribution in [2.75, 3.05) is 6.61 Å². The van der Waals surface area contributed by atoms with E-state index in [-0.39, 0.29) is 17.8 Å². The Hall–Kier alpha value is -3.17. The summed E-state index contributed by atoms with van der Waals surface area (Å²) in [4.78, 5) is 18.7. The number of nitrogens with zero attached hydrogens (tertiary/aromatic N) is 4. The highest BCUT2D eigenvalue weighted by molar-refractivity contribution is 5.79. The smallest absolute Gasteiger partial charge is 0.435 e. The summed E-state index contributed by atoms with van der Waals surface area (Å²) in [5, 5.41) is 4.44. The molecule has 0 aliphatic carbocycles. The average molecular weight is 435 g/mol. The summed E-state index contributed by atoms with van der Waals surface area (Å²) in [6, 6.07) is 6.50. The molecular weight excluding hydrogens is 411 g/mol. The Kier molecular flexibility index (Phi) is 6.77. The number of alkyl halides is 3. The molecule has 0 radical (unpaired) electrons. The van der Waals surface area contributed by atoms with Gasteiger partial charge in [-0.05, 0) is 45.2 Å². The molecule has 3 rings (SSSR count). The predicted molar refractivity (Wildman–Crippen MR) is 109 cm³/mol. The number of hydrogen-bond donors (Lipinski definition) is 1. The molecule has 0 spiro atoms. The summed E-state index contributed by atoms with van der Waals surface area (Å²) in [5.41, 5.74) is 5.75. The van der Waals surface area contributed by atoms with E-state index >= 15 is 0 Å². The quantitative estimate of drug-likeness (QED) is 0.514. The third kappa shape index (κ3) is 5.31. The summed E-state index contributed by atoms with van der Waals surface area (Å²) < 4.78 is 47.7. The number of amides is 1. The Balaban J connectivity index is 1.82. The van der Waals surface area contributed by atoms with Crippen LogP contribution in [0.25, 0.3) is 22.3 Å². The number of rotatable bonds is 8. The number of nitrogens with two attached hydrogens (primary N) is 1. The molecule has 0 saturated heterocycles. The van der Waals surface area contributed by atoms with Gasteiger partial charge >= 0.3 is 12.3 Å². The molecule has 0 aliphatic rings. The van der Waals surface area contributed by atoms with Crippen LogP contribution in [0.3, 0.4) is 0 Å². The Morgan fingerprint density at radius 2 is 1.71 bits per heavy atom. The maximum absolute atomic E-state index is 13.8. The highest BCUT2D eigenvalue weighted by atomic mass is 19.4.